The molecule has 2 aromatic carbocycles. The van der Waals surface area contributed by atoms with Gasteiger partial charge in [0.25, 0.3) is 0 Å². The van der Waals surface area contributed by atoms with E-state index in [0.717, 1.165) is 16.3 Å². The van der Waals surface area contributed by atoms with Gasteiger partial charge in [0.05, 0.1) is 27.7 Å². The van der Waals surface area contributed by atoms with Gasteiger partial charge in [-0.25, -0.2) is 9.29 Å². The zero-order valence-corrected chi connectivity index (χ0v) is 21.1. The van der Waals surface area contributed by atoms with Gasteiger partial charge in [-0.05, 0) is 49.7 Å². The highest BCUT2D eigenvalue weighted by Gasteiger charge is 2.37. The van der Waals surface area contributed by atoms with Crippen LogP contribution in [-0.2, 0) is 4.79 Å². The number of amides is 1. The van der Waals surface area contributed by atoms with Gasteiger partial charge in [-0.2, -0.15) is 0 Å². The van der Waals surface area contributed by atoms with Crippen molar-refractivity contribution in [2.24, 2.45) is 0 Å². The highest BCUT2D eigenvalue weighted by molar-refractivity contribution is 6.34. The van der Waals surface area contributed by atoms with Crippen LogP contribution in [-0.4, -0.2) is 59.3 Å². The number of hydrogen-bond acceptors (Lipinski definition) is 6. The Morgan fingerprint density at radius 3 is 2.39 bits per heavy atom. The average Bonchev–Trinajstić information content (AvgIpc) is 2.80. The van der Waals surface area contributed by atoms with Gasteiger partial charge in [-0.15, -0.1) is 0 Å². The molecule has 0 bridgehead atoms. The topological polar surface area (TPSA) is 80.1 Å². The molecule has 0 spiro atoms. The average molecular weight is 509 g/mol. The molecular formula is C27H26ClFN4O3. The summed E-state index contributed by atoms with van der Waals surface area (Å²) in [5.41, 5.74) is 2.69. The largest absolute Gasteiger partial charge is 0.507 e. The van der Waals surface area contributed by atoms with E-state index in [-0.39, 0.29) is 21.9 Å². The molecule has 0 radical (unpaired) electrons. The van der Waals surface area contributed by atoms with Gasteiger partial charge >= 0.3 is 0 Å². The number of rotatable bonds is 5. The van der Waals surface area contributed by atoms with Gasteiger partial charge < -0.3 is 20.0 Å². The minimum Gasteiger partial charge on any atom is -0.507 e. The summed E-state index contributed by atoms with van der Waals surface area (Å²) < 4.78 is 14.7. The Balaban J connectivity index is 1.73. The Morgan fingerprint density at radius 2 is 1.81 bits per heavy atom. The van der Waals surface area contributed by atoms with E-state index in [9.17, 15) is 19.4 Å². The van der Waals surface area contributed by atoms with Crippen molar-refractivity contribution in [3.63, 3.8) is 0 Å². The highest BCUT2D eigenvalue weighted by atomic mass is 35.5. The van der Waals surface area contributed by atoms with Crippen molar-refractivity contribution in [1.29, 1.82) is 0 Å². The SMILES string of the molecule is Cc1ncc(-c2cc(F)cc(-c3ccc(N(C#CN(C)C)C=O)c(Cl)c3)c2O)cc1N1CC(C)(O)C1. The summed E-state index contributed by atoms with van der Waals surface area (Å²) in [4.78, 5) is 20.7. The summed E-state index contributed by atoms with van der Waals surface area (Å²) >= 11 is 6.44. The first kappa shape index (κ1) is 25.3. The monoisotopic (exact) mass is 508 g/mol. The number of aryl methyl sites for hydroxylation is 1. The predicted molar refractivity (Wildman–Crippen MR) is 139 cm³/mol. The molecule has 1 amide bonds. The third-order valence-corrected chi connectivity index (χ3v) is 6.17. The zero-order chi connectivity index (χ0) is 26.2. The van der Waals surface area contributed by atoms with Crippen molar-refractivity contribution in [3.8, 4) is 40.1 Å². The number of halogens is 2. The Hall–Kier alpha value is -3.80. The minimum absolute atomic E-state index is 0.132. The standard InChI is InChI=1S/C27H26ClFN4O3/c1-17-25(33-14-27(2,36)15-33)10-19(13-30-17)22-12-20(29)11-21(26(22)35)18-5-6-24(23(28)9-18)32(16-34)8-7-31(3)4/h5-6,9-13,16,35-36H,14-15H2,1-4H3. The van der Waals surface area contributed by atoms with Crippen LogP contribution in [0.25, 0.3) is 22.3 Å². The van der Waals surface area contributed by atoms with Gasteiger partial charge in [0.2, 0.25) is 6.41 Å². The van der Waals surface area contributed by atoms with Crippen LogP contribution in [0.4, 0.5) is 15.8 Å². The molecule has 1 aromatic heterocycles. The van der Waals surface area contributed by atoms with Gasteiger partial charge in [-0.1, -0.05) is 17.7 Å². The first-order valence-electron chi connectivity index (χ1n) is 11.2. The Morgan fingerprint density at radius 1 is 1.14 bits per heavy atom. The second-order valence-electron chi connectivity index (χ2n) is 9.29. The molecule has 0 atom stereocenters. The second kappa shape index (κ2) is 9.69. The number of hydrogen-bond donors (Lipinski definition) is 2. The van der Waals surface area contributed by atoms with E-state index in [0.29, 0.717) is 36.3 Å². The number of carbonyl (C=O) groups excluding carboxylic acids is 1. The number of phenolic OH excluding ortho intramolecular Hbond substituents is 1. The summed E-state index contributed by atoms with van der Waals surface area (Å²) in [5.74, 6) is -0.676. The maximum Gasteiger partial charge on any atom is 0.226 e. The molecule has 3 aromatic rings. The van der Waals surface area contributed by atoms with Crippen molar-refractivity contribution < 1.29 is 19.4 Å². The van der Waals surface area contributed by atoms with Crippen molar-refractivity contribution in [1.82, 2.24) is 9.88 Å². The number of β-amino-alcohol motifs (C(OH)–C–C–N with tert-alkyl or cyclic N) is 1. The van der Waals surface area contributed by atoms with E-state index in [4.69, 9.17) is 11.6 Å². The quantitative estimate of drug-likeness (QED) is 0.305. The van der Waals surface area contributed by atoms with Crippen molar-refractivity contribution >= 4 is 29.4 Å². The van der Waals surface area contributed by atoms with E-state index in [2.05, 4.69) is 17.1 Å². The van der Waals surface area contributed by atoms with Gasteiger partial charge in [0.1, 0.15) is 11.6 Å². The molecule has 0 unspecified atom stereocenters. The Kier molecular flexibility index (Phi) is 6.81. The maximum absolute atomic E-state index is 14.7. The van der Waals surface area contributed by atoms with Gasteiger partial charge in [-0.3, -0.25) is 9.78 Å². The minimum atomic E-state index is -0.764. The Bertz CT molecular complexity index is 1390. The molecule has 36 heavy (non-hydrogen) atoms. The number of pyridine rings is 1. The van der Waals surface area contributed by atoms with Crippen molar-refractivity contribution in [2.75, 3.05) is 37.0 Å². The lowest BCUT2D eigenvalue weighted by Gasteiger charge is -2.46. The molecule has 186 valence electrons. The molecule has 0 aliphatic carbocycles. The number of aliphatic hydroxyl groups is 1. The summed E-state index contributed by atoms with van der Waals surface area (Å²) in [6.07, 6.45) is 2.13. The number of phenols is 1. The number of nitrogens with zero attached hydrogens (tertiary/aromatic N) is 4. The van der Waals surface area contributed by atoms with Crippen LogP contribution >= 0.6 is 11.6 Å². The lowest BCUT2D eigenvalue weighted by atomic mass is 9.94. The van der Waals surface area contributed by atoms with Gasteiger partial charge in [0.15, 0.2) is 0 Å². The molecule has 2 heterocycles. The van der Waals surface area contributed by atoms with Crippen molar-refractivity contribution in [2.45, 2.75) is 19.4 Å². The second-order valence-corrected chi connectivity index (χ2v) is 9.70. The number of aromatic hydroxyl groups is 1. The molecule has 1 saturated heterocycles. The molecule has 7 nitrogen and oxygen atoms in total. The van der Waals surface area contributed by atoms with Crippen LogP contribution in [0.15, 0.2) is 42.6 Å². The maximum atomic E-state index is 14.7. The zero-order valence-electron chi connectivity index (χ0n) is 20.4. The Labute approximate surface area is 214 Å². The third kappa shape index (κ3) is 5.08. The molecule has 9 heteroatoms. The first-order chi connectivity index (χ1) is 17.0. The summed E-state index contributed by atoms with van der Waals surface area (Å²) in [5, 5.41) is 21.5. The third-order valence-electron chi connectivity index (χ3n) is 5.87. The fourth-order valence-corrected chi connectivity index (χ4v) is 4.41. The van der Waals surface area contributed by atoms with Crippen molar-refractivity contribution in [3.05, 3.63) is 59.1 Å². The molecule has 0 saturated carbocycles. The fourth-order valence-electron chi connectivity index (χ4n) is 4.14. The molecule has 4 rings (SSSR count). The number of aromatic nitrogens is 1. The van der Waals surface area contributed by atoms with Crippen LogP contribution < -0.4 is 9.80 Å². The van der Waals surface area contributed by atoms with Crippen LogP contribution in [0.5, 0.6) is 5.75 Å². The highest BCUT2D eigenvalue weighted by Crippen LogP contribution is 2.42. The predicted octanol–water partition coefficient (Wildman–Crippen LogP) is 4.24. The number of carbonyl (C=O) groups is 1. The van der Waals surface area contributed by atoms with E-state index < -0.39 is 11.4 Å². The summed E-state index contributed by atoms with van der Waals surface area (Å²) in [7, 11) is 3.48. The molecule has 1 aliphatic rings. The smallest absolute Gasteiger partial charge is 0.226 e. The first-order valence-corrected chi connectivity index (χ1v) is 11.6. The molecule has 2 N–H and O–H groups in total. The number of anilines is 2. The van der Waals surface area contributed by atoms with E-state index in [1.54, 1.807) is 50.3 Å². The summed E-state index contributed by atoms with van der Waals surface area (Å²) in [6.45, 7) is 4.54. The van der Waals surface area contributed by atoms with Gasteiger partial charge in [0, 0.05) is 62.2 Å². The molecule has 1 aliphatic heterocycles. The lowest BCUT2D eigenvalue weighted by Crippen LogP contribution is -2.60. The van der Waals surface area contributed by atoms with Crippen LogP contribution in [0.2, 0.25) is 5.02 Å². The molecule has 1 fully saturated rings. The number of benzene rings is 2. The van der Waals surface area contributed by atoms with Crippen LogP contribution in [0, 0.1) is 24.8 Å². The van der Waals surface area contributed by atoms with Crippen LogP contribution in [0.3, 0.4) is 0 Å². The van der Waals surface area contributed by atoms with E-state index in [1.165, 1.54) is 12.1 Å². The van der Waals surface area contributed by atoms with E-state index >= 15 is 0 Å². The normalized spacial score (nSPS) is 13.9. The summed E-state index contributed by atoms with van der Waals surface area (Å²) in [6, 6.07) is 14.5. The fraction of sp³-hybridized carbons (Fsp3) is 0.259. The lowest BCUT2D eigenvalue weighted by molar-refractivity contribution is -0.106. The molecular weight excluding hydrogens is 483 g/mol. The van der Waals surface area contributed by atoms with E-state index in [1.807, 2.05) is 17.9 Å². The van der Waals surface area contributed by atoms with Crippen LogP contribution in [0.1, 0.15) is 12.6 Å².